The lowest BCUT2D eigenvalue weighted by Gasteiger charge is -2.28. The molecule has 1 aromatic heterocycles. The molecule has 1 saturated carbocycles. The van der Waals surface area contributed by atoms with Gasteiger partial charge in [0.1, 0.15) is 0 Å². The molecule has 0 saturated heterocycles. The second-order valence-electron chi connectivity index (χ2n) is 4.14. The molecule has 2 N–H and O–H groups in total. The molecule has 1 aromatic rings. The van der Waals surface area contributed by atoms with Crippen molar-refractivity contribution in [3.05, 3.63) is 16.1 Å². The molecule has 3 nitrogen and oxygen atoms in total. The van der Waals surface area contributed by atoms with Gasteiger partial charge in [0.15, 0.2) is 0 Å². The molecule has 84 valence electrons. The Labute approximate surface area is 94.7 Å². The van der Waals surface area contributed by atoms with E-state index in [0.29, 0.717) is 6.61 Å². The Morgan fingerprint density at radius 3 is 3.00 bits per heavy atom. The van der Waals surface area contributed by atoms with Gasteiger partial charge in [0.25, 0.3) is 0 Å². The topological polar surface area (TPSA) is 48.1 Å². The molecular formula is C11H18N2OS. The summed E-state index contributed by atoms with van der Waals surface area (Å²) in [5.74, 6) is 0. The van der Waals surface area contributed by atoms with Crippen LogP contribution in [0.15, 0.2) is 6.20 Å². The Kier molecular flexibility index (Phi) is 3.72. The first-order valence-corrected chi connectivity index (χ1v) is 6.36. The standard InChI is InChI=1S/C11H18N2OS/c1-8-13-6-9(15-8)7-14-11-5-3-2-4-10(11)12/h6,10-11H,2-5,7,12H2,1H3. The van der Waals surface area contributed by atoms with Crippen molar-refractivity contribution in [3.63, 3.8) is 0 Å². The predicted molar refractivity (Wildman–Crippen MR) is 61.9 cm³/mol. The van der Waals surface area contributed by atoms with Crippen molar-refractivity contribution in [3.8, 4) is 0 Å². The lowest BCUT2D eigenvalue weighted by atomic mass is 9.93. The van der Waals surface area contributed by atoms with Crippen LogP contribution >= 0.6 is 11.3 Å². The van der Waals surface area contributed by atoms with Gasteiger partial charge < -0.3 is 10.5 Å². The third kappa shape index (κ3) is 3.00. The SMILES string of the molecule is Cc1ncc(COC2CCCCC2N)s1. The number of hydrogen-bond donors (Lipinski definition) is 1. The third-order valence-corrected chi connectivity index (χ3v) is 3.75. The van der Waals surface area contributed by atoms with Crippen molar-refractivity contribution in [2.75, 3.05) is 0 Å². The van der Waals surface area contributed by atoms with Gasteiger partial charge in [-0.15, -0.1) is 11.3 Å². The van der Waals surface area contributed by atoms with E-state index in [9.17, 15) is 0 Å². The van der Waals surface area contributed by atoms with Crippen LogP contribution in [0.5, 0.6) is 0 Å². The maximum absolute atomic E-state index is 6.01. The van der Waals surface area contributed by atoms with Gasteiger partial charge in [0.2, 0.25) is 0 Å². The van der Waals surface area contributed by atoms with Crippen molar-refractivity contribution in [2.45, 2.75) is 51.4 Å². The fraction of sp³-hybridized carbons (Fsp3) is 0.727. The van der Waals surface area contributed by atoms with Crippen LogP contribution in [0.1, 0.15) is 35.6 Å². The molecule has 0 amide bonds. The lowest BCUT2D eigenvalue weighted by molar-refractivity contribution is 0.00523. The second kappa shape index (κ2) is 5.05. The minimum Gasteiger partial charge on any atom is -0.371 e. The summed E-state index contributed by atoms with van der Waals surface area (Å²) in [6, 6.07) is 0.229. The quantitative estimate of drug-likeness (QED) is 0.860. The fourth-order valence-electron chi connectivity index (χ4n) is 1.99. The van der Waals surface area contributed by atoms with E-state index >= 15 is 0 Å². The number of aryl methyl sites for hydroxylation is 1. The first-order chi connectivity index (χ1) is 7.25. The summed E-state index contributed by atoms with van der Waals surface area (Å²) in [5.41, 5.74) is 6.01. The smallest absolute Gasteiger partial charge is 0.0897 e. The maximum atomic E-state index is 6.01. The van der Waals surface area contributed by atoms with Crippen LogP contribution in [0.4, 0.5) is 0 Å². The molecule has 15 heavy (non-hydrogen) atoms. The van der Waals surface area contributed by atoms with E-state index in [1.165, 1.54) is 17.7 Å². The highest BCUT2D eigenvalue weighted by Crippen LogP contribution is 2.22. The van der Waals surface area contributed by atoms with E-state index in [0.717, 1.165) is 17.8 Å². The summed E-state index contributed by atoms with van der Waals surface area (Å²) < 4.78 is 5.84. The zero-order valence-corrected chi connectivity index (χ0v) is 9.93. The van der Waals surface area contributed by atoms with Crippen molar-refractivity contribution in [2.24, 2.45) is 5.73 Å². The fourth-order valence-corrected chi connectivity index (χ4v) is 2.71. The zero-order chi connectivity index (χ0) is 10.7. The molecule has 0 bridgehead atoms. The first-order valence-electron chi connectivity index (χ1n) is 5.54. The minimum atomic E-state index is 0.229. The number of ether oxygens (including phenoxy) is 1. The Morgan fingerprint density at radius 2 is 2.33 bits per heavy atom. The van der Waals surface area contributed by atoms with E-state index in [-0.39, 0.29) is 12.1 Å². The van der Waals surface area contributed by atoms with Gasteiger partial charge in [-0.25, -0.2) is 4.98 Å². The Bertz CT molecular complexity index is 313. The molecule has 2 unspecified atom stereocenters. The maximum Gasteiger partial charge on any atom is 0.0897 e. The Balaban J connectivity index is 1.81. The Morgan fingerprint density at radius 1 is 1.53 bits per heavy atom. The summed E-state index contributed by atoms with van der Waals surface area (Å²) >= 11 is 1.70. The highest BCUT2D eigenvalue weighted by molar-refractivity contribution is 7.11. The summed E-state index contributed by atoms with van der Waals surface area (Å²) in [7, 11) is 0. The van der Waals surface area contributed by atoms with E-state index < -0.39 is 0 Å². The van der Waals surface area contributed by atoms with Crippen molar-refractivity contribution < 1.29 is 4.74 Å². The Hall–Kier alpha value is -0.450. The van der Waals surface area contributed by atoms with Crippen molar-refractivity contribution in [1.82, 2.24) is 4.98 Å². The van der Waals surface area contributed by atoms with Crippen molar-refractivity contribution >= 4 is 11.3 Å². The molecule has 1 aliphatic carbocycles. The lowest BCUT2D eigenvalue weighted by Crippen LogP contribution is -2.39. The number of thiazole rings is 1. The molecule has 4 heteroatoms. The van der Waals surface area contributed by atoms with Gasteiger partial charge in [0, 0.05) is 12.2 Å². The second-order valence-corrected chi connectivity index (χ2v) is 5.46. The monoisotopic (exact) mass is 226 g/mol. The molecule has 1 heterocycles. The number of hydrogen-bond acceptors (Lipinski definition) is 4. The van der Waals surface area contributed by atoms with E-state index in [4.69, 9.17) is 10.5 Å². The van der Waals surface area contributed by atoms with E-state index in [1.807, 2.05) is 13.1 Å². The number of nitrogens with two attached hydrogens (primary N) is 1. The molecule has 2 rings (SSSR count). The molecule has 2 atom stereocenters. The van der Waals surface area contributed by atoms with Crippen LogP contribution in [0.25, 0.3) is 0 Å². The largest absolute Gasteiger partial charge is 0.371 e. The van der Waals surface area contributed by atoms with Crippen LogP contribution in [-0.2, 0) is 11.3 Å². The van der Waals surface area contributed by atoms with Crippen LogP contribution in [0, 0.1) is 6.92 Å². The van der Waals surface area contributed by atoms with Gasteiger partial charge in [0.05, 0.1) is 22.6 Å². The third-order valence-electron chi connectivity index (χ3n) is 2.86. The molecule has 0 aliphatic heterocycles. The van der Waals surface area contributed by atoms with E-state index in [2.05, 4.69) is 4.98 Å². The summed E-state index contributed by atoms with van der Waals surface area (Å²) in [5, 5.41) is 1.10. The van der Waals surface area contributed by atoms with E-state index in [1.54, 1.807) is 11.3 Å². The van der Waals surface area contributed by atoms with Crippen LogP contribution in [0.3, 0.4) is 0 Å². The predicted octanol–water partition coefficient (Wildman–Crippen LogP) is 2.24. The molecule has 0 spiro atoms. The van der Waals surface area contributed by atoms with Gasteiger partial charge in [-0.3, -0.25) is 0 Å². The first kappa shape index (κ1) is 11.0. The summed E-state index contributed by atoms with van der Waals surface area (Å²) in [6.45, 7) is 2.68. The molecule has 0 radical (unpaired) electrons. The normalized spacial score (nSPS) is 26.8. The minimum absolute atomic E-state index is 0.229. The van der Waals surface area contributed by atoms with Gasteiger partial charge in [-0.2, -0.15) is 0 Å². The number of rotatable bonds is 3. The van der Waals surface area contributed by atoms with Crippen molar-refractivity contribution in [1.29, 1.82) is 0 Å². The highest BCUT2D eigenvalue weighted by atomic mass is 32.1. The highest BCUT2D eigenvalue weighted by Gasteiger charge is 2.22. The number of nitrogens with zero attached hydrogens (tertiary/aromatic N) is 1. The molecule has 0 aromatic carbocycles. The summed E-state index contributed by atoms with van der Waals surface area (Å²) in [4.78, 5) is 5.41. The molecule has 1 aliphatic rings. The van der Waals surface area contributed by atoms with Gasteiger partial charge >= 0.3 is 0 Å². The zero-order valence-electron chi connectivity index (χ0n) is 9.11. The summed E-state index contributed by atoms with van der Waals surface area (Å²) in [6.07, 6.45) is 6.86. The van der Waals surface area contributed by atoms with Crippen LogP contribution in [-0.4, -0.2) is 17.1 Å². The van der Waals surface area contributed by atoms with Gasteiger partial charge in [-0.05, 0) is 19.8 Å². The molecule has 1 fully saturated rings. The average molecular weight is 226 g/mol. The average Bonchev–Trinajstić information content (AvgIpc) is 2.63. The molecular weight excluding hydrogens is 208 g/mol. The van der Waals surface area contributed by atoms with Crippen LogP contribution < -0.4 is 5.73 Å². The van der Waals surface area contributed by atoms with Crippen LogP contribution in [0.2, 0.25) is 0 Å². The number of aromatic nitrogens is 1. The van der Waals surface area contributed by atoms with Gasteiger partial charge in [-0.1, -0.05) is 12.8 Å².